The van der Waals surface area contributed by atoms with Gasteiger partial charge >= 0.3 is 0 Å². The molecule has 2 heterocycles. The molecule has 0 aliphatic heterocycles. The molecule has 0 saturated carbocycles. The predicted molar refractivity (Wildman–Crippen MR) is 141 cm³/mol. The number of amides is 1. The largest absolute Gasteiger partial charge is 0.496 e. The third kappa shape index (κ3) is 5.97. The molecule has 4 rings (SSSR count). The fourth-order valence-electron chi connectivity index (χ4n) is 3.98. The number of hydrogen-bond donors (Lipinski definition) is 1. The average molecular weight is 521 g/mol. The SMILES string of the molecule is COc1ccccc1CN(Cc1ccco1)c1cnc(S(C)(=O)=O)nc1C(=O)Nc1c(C)cccc1C. The number of methoxy groups -OCH3 is 1. The van der Waals surface area contributed by atoms with Crippen molar-refractivity contribution in [3.05, 3.63) is 95.2 Å². The number of benzene rings is 2. The van der Waals surface area contributed by atoms with Crippen LogP contribution in [0.25, 0.3) is 0 Å². The molecule has 0 fully saturated rings. The smallest absolute Gasteiger partial charge is 0.276 e. The Balaban J connectivity index is 1.83. The van der Waals surface area contributed by atoms with Crippen molar-refractivity contribution in [2.75, 3.05) is 23.6 Å². The van der Waals surface area contributed by atoms with Gasteiger partial charge in [-0.25, -0.2) is 18.4 Å². The van der Waals surface area contributed by atoms with Crippen LogP contribution in [0.3, 0.4) is 0 Å². The summed E-state index contributed by atoms with van der Waals surface area (Å²) < 4.78 is 35.7. The standard InChI is InChI=1S/C27H28N4O5S/c1-18-9-7-10-19(2)24(18)29-26(32)25-22(15-28-27(30-25)37(4,33)34)31(17-21-12-8-14-36-21)16-20-11-5-6-13-23(20)35-3/h5-15H,16-17H2,1-4H3,(H,29,32). The summed E-state index contributed by atoms with van der Waals surface area (Å²) in [7, 11) is -2.18. The number of carbonyl (C=O) groups excluding carboxylic acids is 1. The summed E-state index contributed by atoms with van der Waals surface area (Å²) in [5, 5.41) is 2.48. The summed E-state index contributed by atoms with van der Waals surface area (Å²) in [5.74, 6) is 0.759. The number of sulfone groups is 1. The van der Waals surface area contributed by atoms with Gasteiger partial charge in [0.2, 0.25) is 15.0 Å². The lowest BCUT2D eigenvalue weighted by atomic mass is 10.1. The van der Waals surface area contributed by atoms with Crippen LogP contribution in [-0.4, -0.2) is 37.7 Å². The zero-order valence-corrected chi connectivity index (χ0v) is 21.9. The zero-order valence-electron chi connectivity index (χ0n) is 21.1. The Hall–Kier alpha value is -4.18. The molecule has 9 nitrogen and oxygen atoms in total. The lowest BCUT2D eigenvalue weighted by Gasteiger charge is -2.26. The topological polar surface area (TPSA) is 115 Å². The van der Waals surface area contributed by atoms with Crippen LogP contribution in [0.5, 0.6) is 5.75 Å². The Morgan fingerprint density at radius 1 is 1.03 bits per heavy atom. The van der Waals surface area contributed by atoms with Crippen molar-refractivity contribution in [1.29, 1.82) is 0 Å². The first-order valence-electron chi connectivity index (χ1n) is 11.5. The lowest BCUT2D eigenvalue weighted by molar-refractivity contribution is 0.102. The van der Waals surface area contributed by atoms with Gasteiger partial charge in [-0.3, -0.25) is 4.79 Å². The highest BCUT2D eigenvalue weighted by atomic mass is 32.2. The van der Waals surface area contributed by atoms with Crippen LogP contribution in [0.15, 0.2) is 76.6 Å². The first-order valence-corrected chi connectivity index (χ1v) is 13.4. The fraction of sp³-hybridized carbons (Fsp3) is 0.222. The van der Waals surface area contributed by atoms with Crippen LogP contribution in [0.2, 0.25) is 0 Å². The lowest BCUT2D eigenvalue weighted by Crippen LogP contribution is -2.28. The van der Waals surface area contributed by atoms with Crippen molar-refractivity contribution >= 4 is 27.1 Å². The van der Waals surface area contributed by atoms with E-state index in [9.17, 15) is 13.2 Å². The van der Waals surface area contributed by atoms with E-state index in [1.54, 1.807) is 19.4 Å². The Bertz CT molecular complexity index is 1500. The molecule has 4 aromatic rings. The normalized spacial score (nSPS) is 11.2. The fourth-order valence-corrected chi connectivity index (χ4v) is 4.48. The third-order valence-corrected chi connectivity index (χ3v) is 6.69. The van der Waals surface area contributed by atoms with Gasteiger partial charge in [0.25, 0.3) is 5.91 Å². The second-order valence-corrected chi connectivity index (χ2v) is 10.5. The highest BCUT2D eigenvalue weighted by molar-refractivity contribution is 7.90. The van der Waals surface area contributed by atoms with Crippen molar-refractivity contribution in [1.82, 2.24) is 9.97 Å². The summed E-state index contributed by atoms with van der Waals surface area (Å²) in [6.07, 6.45) is 3.93. The molecular formula is C27H28N4O5S. The highest BCUT2D eigenvalue weighted by Crippen LogP contribution is 2.29. The van der Waals surface area contributed by atoms with Crippen LogP contribution in [-0.2, 0) is 22.9 Å². The van der Waals surface area contributed by atoms with Crippen LogP contribution < -0.4 is 15.0 Å². The van der Waals surface area contributed by atoms with Gasteiger partial charge in [-0.1, -0.05) is 36.4 Å². The second kappa shape index (κ2) is 10.8. The molecule has 192 valence electrons. The van der Waals surface area contributed by atoms with Gasteiger partial charge in [0.05, 0.1) is 31.8 Å². The maximum absolute atomic E-state index is 13.6. The molecule has 0 aliphatic carbocycles. The minimum Gasteiger partial charge on any atom is -0.496 e. The van der Waals surface area contributed by atoms with E-state index in [1.165, 1.54) is 6.20 Å². The van der Waals surface area contributed by atoms with Crippen LogP contribution in [0.4, 0.5) is 11.4 Å². The van der Waals surface area contributed by atoms with Crippen LogP contribution in [0, 0.1) is 13.8 Å². The highest BCUT2D eigenvalue weighted by Gasteiger charge is 2.25. The first kappa shape index (κ1) is 25.9. The molecule has 1 N–H and O–H groups in total. The molecule has 0 radical (unpaired) electrons. The molecule has 0 atom stereocenters. The molecule has 10 heteroatoms. The molecule has 37 heavy (non-hydrogen) atoms. The molecule has 0 bridgehead atoms. The summed E-state index contributed by atoms with van der Waals surface area (Å²) >= 11 is 0. The molecule has 2 aromatic carbocycles. The van der Waals surface area contributed by atoms with Crippen molar-refractivity contribution in [2.45, 2.75) is 32.1 Å². The van der Waals surface area contributed by atoms with Gasteiger partial charge in [0.1, 0.15) is 11.5 Å². The van der Waals surface area contributed by atoms with E-state index < -0.39 is 20.9 Å². The van der Waals surface area contributed by atoms with Gasteiger partial charge in [0.15, 0.2) is 5.69 Å². The number of furan rings is 1. The van der Waals surface area contributed by atoms with E-state index in [0.717, 1.165) is 22.9 Å². The number of nitrogens with one attached hydrogen (secondary N) is 1. The molecule has 1 amide bonds. The minimum absolute atomic E-state index is 0.0699. The third-order valence-electron chi connectivity index (χ3n) is 5.83. The second-order valence-electron chi connectivity index (χ2n) is 8.63. The molecular weight excluding hydrogens is 492 g/mol. The Labute approximate surface area is 216 Å². The maximum Gasteiger partial charge on any atom is 0.276 e. The summed E-state index contributed by atoms with van der Waals surface area (Å²) in [5.41, 5.74) is 3.51. The van der Waals surface area contributed by atoms with Gasteiger partial charge in [-0.2, -0.15) is 0 Å². The number of carbonyl (C=O) groups is 1. The number of para-hydroxylation sites is 2. The number of aryl methyl sites for hydroxylation is 2. The number of aromatic nitrogens is 2. The minimum atomic E-state index is -3.77. The van der Waals surface area contributed by atoms with Crippen LogP contribution in [0.1, 0.15) is 32.9 Å². The predicted octanol–water partition coefficient (Wildman–Crippen LogP) is 4.56. The molecule has 0 spiro atoms. The van der Waals surface area contributed by atoms with Crippen molar-refractivity contribution in [3.63, 3.8) is 0 Å². The molecule has 0 unspecified atom stereocenters. The van der Waals surface area contributed by atoms with E-state index >= 15 is 0 Å². The summed E-state index contributed by atoms with van der Waals surface area (Å²) in [6.45, 7) is 4.36. The van der Waals surface area contributed by atoms with E-state index in [1.807, 2.05) is 67.3 Å². The number of anilines is 2. The molecule has 2 aromatic heterocycles. The Morgan fingerprint density at radius 2 is 1.76 bits per heavy atom. The van der Waals surface area contributed by atoms with Crippen molar-refractivity contribution in [3.8, 4) is 5.75 Å². The first-order chi connectivity index (χ1) is 17.7. The monoisotopic (exact) mass is 520 g/mol. The molecule has 0 aliphatic rings. The number of hydrogen-bond acceptors (Lipinski definition) is 8. The average Bonchev–Trinajstić information content (AvgIpc) is 3.38. The molecule has 0 saturated heterocycles. The van der Waals surface area contributed by atoms with E-state index in [0.29, 0.717) is 29.4 Å². The van der Waals surface area contributed by atoms with E-state index in [4.69, 9.17) is 9.15 Å². The summed E-state index contributed by atoms with van der Waals surface area (Å²) in [6, 6.07) is 16.8. The zero-order chi connectivity index (χ0) is 26.6. The van der Waals surface area contributed by atoms with Crippen molar-refractivity contribution in [2.24, 2.45) is 0 Å². The van der Waals surface area contributed by atoms with Gasteiger partial charge in [-0.15, -0.1) is 0 Å². The number of ether oxygens (including phenoxy) is 1. The number of rotatable bonds is 9. The van der Waals surface area contributed by atoms with E-state index in [-0.39, 0.29) is 12.2 Å². The Morgan fingerprint density at radius 3 is 2.41 bits per heavy atom. The summed E-state index contributed by atoms with van der Waals surface area (Å²) in [4.78, 5) is 23.8. The van der Waals surface area contributed by atoms with Gasteiger partial charge in [-0.05, 0) is 43.2 Å². The van der Waals surface area contributed by atoms with Crippen LogP contribution >= 0.6 is 0 Å². The Kier molecular flexibility index (Phi) is 7.58. The van der Waals surface area contributed by atoms with Gasteiger partial charge < -0.3 is 19.4 Å². The quantitative estimate of drug-likeness (QED) is 0.320. The number of nitrogens with zero attached hydrogens (tertiary/aromatic N) is 3. The van der Waals surface area contributed by atoms with Crippen molar-refractivity contribution < 1.29 is 22.4 Å². The van der Waals surface area contributed by atoms with E-state index in [2.05, 4.69) is 15.3 Å². The van der Waals surface area contributed by atoms with Gasteiger partial charge in [0, 0.05) is 24.1 Å². The maximum atomic E-state index is 13.6.